The zero-order valence-electron chi connectivity index (χ0n) is 13.3. The zero-order chi connectivity index (χ0) is 14.2. The highest BCUT2D eigenvalue weighted by Gasteiger charge is 2.49. The van der Waals surface area contributed by atoms with Gasteiger partial charge in [0.1, 0.15) is 8.07 Å². The van der Waals surface area contributed by atoms with E-state index in [9.17, 15) is 0 Å². The molecule has 0 unspecified atom stereocenters. The first-order chi connectivity index (χ1) is 7.97. The molecular formula is C14H28NSi3. The molecule has 0 amide bonds. The Balaban J connectivity index is 3.30. The summed E-state index contributed by atoms with van der Waals surface area (Å²) in [5.41, 5.74) is 0. The van der Waals surface area contributed by atoms with E-state index in [2.05, 4.69) is 69.5 Å². The second kappa shape index (κ2) is 5.06. The van der Waals surface area contributed by atoms with Crippen LogP contribution in [0, 0.1) is 4.79 Å². The molecule has 1 heterocycles. The van der Waals surface area contributed by atoms with Gasteiger partial charge in [0, 0.05) is 27.7 Å². The summed E-state index contributed by atoms with van der Waals surface area (Å²) in [5.74, 6) is 0. The van der Waals surface area contributed by atoms with Gasteiger partial charge in [-0.1, -0.05) is 58.4 Å². The summed E-state index contributed by atoms with van der Waals surface area (Å²) in [5, 5.41) is 1.37. The number of rotatable bonds is 4. The standard InChI is InChI=1S/C14H28NSi3/c1-16(2,3)14(17(4,5)6)18(7,8)13-11-9-10-12-15-13/h9-12H,1-8H3. The molecule has 0 saturated carbocycles. The molecule has 0 aromatic carbocycles. The van der Waals surface area contributed by atoms with Crippen LogP contribution in [0.25, 0.3) is 0 Å². The Morgan fingerprint density at radius 1 is 0.833 bits per heavy atom. The van der Waals surface area contributed by atoms with E-state index < -0.39 is 24.2 Å². The van der Waals surface area contributed by atoms with Crippen molar-refractivity contribution in [3.63, 3.8) is 0 Å². The van der Waals surface area contributed by atoms with Gasteiger partial charge in [-0.15, -0.1) is 0 Å². The van der Waals surface area contributed by atoms with Crippen LogP contribution in [0.3, 0.4) is 0 Å². The second-order valence-corrected chi connectivity index (χ2v) is 23.5. The molecule has 1 radical (unpaired) electrons. The van der Waals surface area contributed by atoms with Crippen molar-refractivity contribution in [2.75, 3.05) is 0 Å². The van der Waals surface area contributed by atoms with E-state index in [0.717, 1.165) is 0 Å². The molecule has 0 fully saturated rings. The molecule has 0 spiro atoms. The number of aromatic nitrogens is 1. The third-order valence-electron chi connectivity index (χ3n) is 3.43. The highest BCUT2D eigenvalue weighted by atomic mass is 28.5. The van der Waals surface area contributed by atoms with Gasteiger partial charge in [0.25, 0.3) is 0 Å². The van der Waals surface area contributed by atoms with Crippen molar-refractivity contribution in [3.8, 4) is 0 Å². The first kappa shape index (κ1) is 15.9. The van der Waals surface area contributed by atoms with Gasteiger partial charge in [0.05, 0.1) is 0 Å². The Bertz CT molecular complexity index is 374. The summed E-state index contributed by atoms with van der Waals surface area (Å²) >= 11 is 0. The minimum Gasteiger partial charge on any atom is -0.266 e. The molecule has 1 nitrogen and oxygen atoms in total. The lowest BCUT2D eigenvalue weighted by Crippen LogP contribution is -2.65. The Labute approximate surface area is 116 Å². The summed E-state index contributed by atoms with van der Waals surface area (Å²) in [4.78, 5) is 6.64. The number of hydrogen-bond donors (Lipinski definition) is 0. The molecule has 0 aliphatic heterocycles. The maximum atomic E-state index is 4.68. The molecule has 0 bridgehead atoms. The quantitative estimate of drug-likeness (QED) is 0.768. The van der Waals surface area contributed by atoms with E-state index in [-0.39, 0.29) is 0 Å². The largest absolute Gasteiger partial charge is 0.266 e. The molecule has 0 aliphatic rings. The lowest BCUT2D eigenvalue weighted by atomic mass is 10.5. The molecular weight excluding hydrogens is 266 g/mol. The smallest absolute Gasteiger partial charge is 0.105 e. The fourth-order valence-electron chi connectivity index (χ4n) is 3.86. The predicted octanol–water partition coefficient (Wildman–Crippen LogP) is 3.87. The normalized spacial score (nSPS) is 14.1. The van der Waals surface area contributed by atoms with Crippen LogP contribution in [0.4, 0.5) is 0 Å². The lowest BCUT2D eigenvalue weighted by Gasteiger charge is -2.46. The van der Waals surface area contributed by atoms with Crippen LogP contribution in [-0.4, -0.2) is 29.2 Å². The van der Waals surface area contributed by atoms with E-state index in [1.54, 1.807) is 0 Å². The van der Waals surface area contributed by atoms with Gasteiger partial charge in [0.15, 0.2) is 0 Å². The Hall–Kier alpha value is -0.199. The molecule has 0 aliphatic carbocycles. The van der Waals surface area contributed by atoms with E-state index in [1.807, 2.05) is 17.1 Å². The van der Waals surface area contributed by atoms with Crippen molar-refractivity contribution in [2.24, 2.45) is 0 Å². The van der Waals surface area contributed by atoms with Crippen LogP contribution in [0.15, 0.2) is 24.4 Å². The minimum atomic E-state index is -1.55. The van der Waals surface area contributed by atoms with Gasteiger partial charge in [-0.25, -0.2) is 0 Å². The van der Waals surface area contributed by atoms with Crippen molar-refractivity contribution in [1.82, 2.24) is 4.98 Å². The van der Waals surface area contributed by atoms with Gasteiger partial charge in [-0.2, -0.15) is 0 Å². The maximum Gasteiger partial charge on any atom is 0.105 e. The number of pyridine rings is 1. The SMILES string of the molecule is C[Si](C)(C)[C]([Si](C)(C)C)[Si](C)(C)c1ccccn1. The van der Waals surface area contributed by atoms with Crippen LogP contribution >= 0.6 is 0 Å². The van der Waals surface area contributed by atoms with Crippen LogP contribution in [0.5, 0.6) is 0 Å². The Morgan fingerprint density at radius 2 is 1.33 bits per heavy atom. The molecule has 0 atom stereocenters. The third-order valence-corrected chi connectivity index (χ3v) is 22.0. The minimum absolute atomic E-state index is 1.24. The van der Waals surface area contributed by atoms with Crippen LogP contribution in [0.1, 0.15) is 0 Å². The third kappa shape index (κ3) is 3.42. The summed E-state index contributed by atoms with van der Waals surface area (Å²) in [6, 6.07) is 6.41. The van der Waals surface area contributed by atoms with Crippen LogP contribution < -0.4 is 5.32 Å². The highest BCUT2D eigenvalue weighted by Crippen LogP contribution is 2.35. The first-order valence-corrected chi connectivity index (χ1v) is 16.8. The molecule has 1 aromatic rings. The van der Waals surface area contributed by atoms with E-state index in [0.29, 0.717) is 0 Å². The van der Waals surface area contributed by atoms with Crippen molar-refractivity contribution in [1.29, 1.82) is 0 Å². The van der Waals surface area contributed by atoms with E-state index in [1.165, 1.54) is 5.32 Å². The fraction of sp³-hybridized carbons (Fsp3) is 0.571. The van der Waals surface area contributed by atoms with Crippen molar-refractivity contribution < 1.29 is 0 Å². The molecule has 101 valence electrons. The summed E-state index contributed by atoms with van der Waals surface area (Å²) in [6.45, 7) is 20.1. The maximum absolute atomic E-state index is 4.68. The van der Waals surface area contributed by atoms with Crippen molar-refractivity contribution in [3.05, 3.63) is 29.2 Å². The Kier molecular flexibility index (Phi) is 4.45. The summed E-state index contributed by atoms with van der Waals surface area (Å²) in [6.07, 6.45) is 1.95. The topological polar surface area (TPSA) is 12.9 Å². The van der Waals surface area contributed by atoms with Crippen molar-refractivity contribution in [2.45, 2.75) is 52.4 Å². The summed E-state index contributed by atoms with van der Waals surface area (Å²) < 4.78 is 0. The molecule has 1 rings (SSSR count). The molecule has 0 N–H and O–H groups in total. The molecule has 0 saturated heterocycles. The fourth-order valence-corrected chi connectivity index (χ4v) is 29.8. The average Bonchev–Trinajstić information content (AvgIpc) is 2.13. The number of nitrogens with zero attached hydrogens (tertiary/aromatic N) is 1. The van der Waals surface area contributed by atoms with Gasteiger partial charge >= 0.3 is 0 Å². The van der Waals surface area contributed by atoms with Crippen LogP contribution in [-0.2, 0) is 0 Å². The van der Waals surface area contributed by atoms with Gasteiger partial charge < -0.3 is 0 Å². The van der Waals surface area contributed by atoms with E-state index in [4.69, 9.17) is 0 Å². The molecule has 1 aromatic heterocycles. The molecule has 4 heteroatoms. The lowest BCUT2D eigenvalue weighted by molar-refractivity contribution is 1.35. The van der Waals surface area contributed by atoms with Gasteiger partial charge in [0.2, 0.25) is 0 Å². The van der Waals surface area contributed by atoms with Crippen molar-refractivity contribution >= 4 is 29.5 Å². The van der Waals surface area contributed by atoms with Gasteiger partial charge in [-0.3, -0.25) is 4.98 Å². The van der Waals surface area contributed by atoms with Gasteiger partial charge in [-0.05, 0) is 16.9 Å². The van der Waals surface area contributed by atoms with Crippen LogP contribution in [0.2, 0.25) is 52.4 Å². The second-order valence-electron chi connectivity index (χ2n) is 7.71. The molecule has 18 heavy (non-hydrogen) atoms. The monoisotopic (exact) mass is 294 g/mol. The number of hydrogen-bond acceptors (Lipinski definition) is 1. The summed E-state index contributed by atoms with van der Waals surface area (Å²) in [7, 11) is -4.03. The Morgan fingerprint density at radius 3 is 1.67 bits per heavy atom. The average molecular weight is 295 g/mol. The van der Waals surface area contributed by atoms with E-state index >= 15 is 0 Å². The predicted molar refractivity (Wildman–Crippen MR) is 91.3 cm³/mol. The zero-order valence-corrected chi connectivity index (χ0v) is 16.3. The highest BCUT2D eigenvalue weighted by molar-refractivity contribution is 7.23. The first-order valence-electron chi connectivity index (χ1n) is 6.77.